The van der Waals surface area contributed by atoms with Gasteiger partial charge in [-0.05, 0) is 67.4 Å². The van der Waals surface area contributed by atoms with Gasteiger partial charge >= 0.3 is 0 Å². The quantitative estimate of drug-likeness (QED) is 0.386. The molecule has 1 heterocycles. The van der Waals surface area contributed by atoms with Gasteiger partial charge in [-0.3, -0.25) is 4.79 Å². The van der Waals surface area contributed by atoms with Crippen LogP contribution in [0.2, 0.25) is 10.0 Å². The molecule has 1 N–H and O–H groups in total. The van der Waals surface area contributed by atoms with E-state index in [1.165, 1.54) is 0 Å². The number of hydrogen-bond acceptors (Lipinski definition) is 2. The van der Waals surface area contributed by atoms with E-state index in [0.717, 1.165) is 22.4 Å². The predicted octanol–water partition coefficient (Wildman–Crippen LogP) is 6.72. The highest BCUT2D eigenvalue weighted by Gasteiger charge is 2.19. The van der Waals surface area contributed by atoms with Gasteiger partial charge in [-0.1, -0.05) is 53.5 Å². The Hall–Kier alpha value is -3.08. The van der Waals surface area contributed by atoms with Gasteiger partial charge in [0.1, 0.15) is 5.69 Å². The van der Waals surface area contributed by atoms with E-state index in [4.69, 9.17) is 23.2 Å². The Morgan fingerprint density at radius 3 is 2.43 bits per heavy atom. The van der Waals surface area contributed by atoms with Crippen molar-refractivity contribution in [3.8, 4) is 16.9 Å². The first-order chi connectivity index (χ1) is 14.4. The minimum absolute atomic E-state index is 0.274. The van der Waals surface area contributed by atoms with E-state index >= 15 is 0 Å². The number of hydrogen-bond donors (Lipinski definition) is 1. The molecular formula is C24H19Cl2N3O. The largest absolute Gasteiger partial charge is 0.321 e. The van der Waals surface area contributed by atoms with Gasteiger partial charge in [0.05, 0.1) is 16.4 Å². The summed E-state index contributed by atoms with van der Waals surface area (Å²) < 4.78 is 1.58. The summed E-state index contributed by atoms with van der Waals surface area (Å²) in [6.45, 7) is 4.04. The van der Waals surface area contributed by atoms with Crippen molar-refractivity contribution in [1.82, 2.24) is 9.78 Å². The molecule has 30 heavy (non-hydrogen) atoms. The number of nitrogens with zero attached hydrogens (tertiary/aromatic N) is 2. The van der Waals surface area contributed by atoms with Crippen molar-refractivity contribution in [2.24, 2.45) is 0 Å². The molecule has 0 bridgehead atoms. The number of aromatic nitrogens is 2. The Kier molecular flexibility index (Phi) is 5.62. The minimum atomic E-state index is -0.274. The Morgan fingerprint density at radius 2 is 1.70 bits per heavy atom. The molecule has 0 aliphatic heterocycles. The maximum absolute atomic E-state index is 13.2. The molecule has 4 aromatic rings. The van der Waals surface area contributed by atoms with Gasteiger partial charge in [0, 0.05) is 16.3 Å². The zero-order chi connectivity index (χ0) is 21.3. The molecule has 3 aromatic carbocycles. The zero-order valence-electron chi connectivity index (χ0n) is 16.5. The number of nitrogens with one attached hydrogen (secondary N) is 1. The van der Waals surface area contributed by atoms with Gasteiger partial charge in [0.2, 0.25) is 0 Å². The molecular weight excluding hydrogens is 417 g/mol. The molecule has 0 unspecified atom stereocenters. The number of anilines is 1. The SMILES string of the molecule is Cc1ccc(NC(=O)c2cc(-c3ccccc3Cl)nn2-c2cccc(Cl)c2)cc1C. The van der Waals surface area contributed by atoms with Gasteiger partial charge < -0.3 is 5.32 Å². The first kappa shape index (κ1) is 20.2. The molecule has 1 amide bonds. The van der Waals surface area contributed by atoms with E-state index in [2.05, 4.69) is 10.4 Å². The van der Waals surface area contributed by atoms with Crippen LogP contribution in [-0.4, -0.2) is 15.7 Å². The second-order valence-electron chi connectivity index (χ2n) is 7.04. The molecule has 0 saturated heterocycles. The van der Waals surface area contributed by atoms with Crippen LogP contribution in [0.4, 0.5) is 5.69 Å². The Labute approximate surface area is 185 Å². The van der Waals surface area contributed by atoms with E-state index in [9.17, 15) is 4.79 Å². The number of benzene rings is 3. The molecule has 0 saturated carbocycles. The Bertz CT molecular complexity index is 1250. The van der Waals surface area contributed by atoms with E-state index in [1.807, 2.05) is 62.4 Å². The van der Waals surface area contributed by atoms with Crippen LogP contribution in [0.15, 0.2) is 72.8 Å². The molecule has 0 fully saturated rings. The van der Waals surface area contributed by atoms with Gasteiger partial charge in [0.15, 0.2) is 0 Å². The van der Waals surface area contributed by atoms with E-state index < -0.39 is 0 Å². The highest BCUT2D eigenvalue weighted by molar-refractivity contribution is 6.33. The van der Waals surface area contributed by atoms with Crippen LogP contribution in [0, 0.1) is 13.8 Å². The number of halogens is 2. The lowest BCUT2D eigenvalue weighted by Gasteiger charge is -2.10. The molecule has 0 spiro atoms. The van der Waals surface area contributed by atoms with E-state index in [1.54, 1.807) is 28.9 Å². The monoisotopic (exact) mass is 435 g/mol. The number of rotatable bonds is 4. The van der Waals surface area contributed by atoms with Crippen LogP contribution in [0.3, 0.4) is 0 Å². The summed E-state index contributed by atoms with van der Waals surface area (Å²) in [4.78, 5) is 13.2. The maximum Gasteiger partial charge on any atom is 0.274 e. The molecule has 0 atom stereocenters. The third-order valence-electron chi connectivity index (χ3n) is 4.91. The van der Waals surface area contributed by atoms with Crippen molar-refractivity contribution in [3.05, 3.63) is 99.7 Å². The summed E-state index contributed by atoms with van der Waals surface area (Å²) in [6.07, 6.45) is 0. The standard InChI is InChI=1S/C24H19Cl2N3O/c1-15-10-11-18(12-16(15)2)27-24(30)23-14-22(20-8-3-4-9-21(20)26)28-29(23)19-7-5-6-17(25)13-19/h3-14H,1-2H3,(H,27,30). The molecule has 1 aromatic heterocycles. The topological polar surface area (TPSA) is 46.9 Å². The Balaban J connectivity index is 1.79. The number of aryl methyl sites for hydroxylation is 2. The second-order valence-corrected chi connectivity index (χ2v) is 7.88. The predicted molar refractivity (Wildman–Crippen MR) is 123 cm³/mol. The highest BCUT2D eigenvalue weighted by Crippen LogP contribution is 2.29. The molecule has 0 radical (unpaired) electrons. The van der Waals surface area contributed by atoms with E-state index in [-0.39, 0.29) is 5.91 Å². The minimum Gasteiger partial charge on any atom is -0.321 e. The van der Waals surface area contributed by atoms with Crippen molar-refractivity contribution < 1.29 is 4.79 Å². The van der Waals surface area contributed by atoms with Gasteiger partial charge in [-0.15, -0.1) is 0 Å². The second kappa shape index (κ2) is 8.34. The fourth-order valence-corrected chi connectivity index (χ4v) is 3.58. The summed E-state index contributed by atoms with van der Waals surface area (Å²) in [6, 6.07) is 22.2. The lowest BCUT2D eigenvalue weighted by molar-refractivity contribution is 0.101. The third kappa shape index (κ3) is 4.11. The molecule has 6 heteroatoms. The van der Waals surface area contributed by atoms with E-state index in [0.29, 0.717) is 27.1 Å². The van der Waals surface area contributed by atoms with Crippen molar-refractivity contribution in [2.75, 3.05) is 5.32 Å². The summed E-state index contributed by atoms with van der Waals surface area (Å²) in [7, 11) is 0. The lowest BCUT2D eigenvalue weighted by atomic mass is 10.1. The number of amides is 1. The van der Waals surface area contributed by atoms with Crippen molar-refractivity contribution in [2.45, 2.75) is 13.8 Å². The molecule has 150 valence electrons. The smallest absolute Gasteiger partial charge is 0.274 e. The van der Waals surface area contributed by atoms with Crippen LogP contribution in [0.25, 0.3) is 16.9 Å². The maximum atomic E-state index is 13.2. The summed E-state index contributed by atoms with van der Waals surface area (Å²) >= 11 is 12.5. The molecule has 4 nitrogen and oxygen atoms in total. The molecule has 4 rings (SSSR count). The first-order valence-electron chi connectivity index (χ1n) is 9.42. The fraction of sp³-hybridized carbons (Fsp3) is 0.0833. The highest BCUT2D eigenvalue weighted by atomic mass is 35.5. The van der Waals surface area contributed by atoms with Crippen LogP contribution in [0.1, 0.15) is 21.6 Å². The van der Waals surface area contributed by atoms with Crippen LogP contribution >= 0.6 is 23.2 Å². The van der Waals surface area contributed by atoms with Gasteiger partial charge in [-0.2, -0.15) is 5.10 Å². The third-order valence-corrected chi connectivity index (χ3v) is 5.47. The van der Waals surface area contributed by atoms with Crippen LogP contribution in [0.5, 0.6) is 0 Å². The number of carbonyl (C=O) groups is 1. The van der Waals surface area contributed by atoms with Crippen molar-refractivity contribution >= 4 is 34.8 Å². The average Bonchev–Trinajstić information content (AvgIpc) is 3.16. The van der Waals surface area contributed by atoms with Gasteiger partial charge in [-0.25, -0.2) is 4.68 Å². The molecule has 0 aliphatic rings. The average molecular weight is 436 g/mol. The summed E-state index contributed by atoms with van der Waals surface area (Å²) in [5.41, 5.74) is 5.41. The normalized spacial score (nSPS) is 10.8. The number of carbonyl (C=O) groups excluding carboxylic acids is 1. The Morgan fingerprint density at radius 1 is 0.900 bits per heavy atom. The van der Waals surface area contributed by atoms with Crippen molar-refractivity contribution in [1.29, 1.82) is 0 Å². The lowest BCUT2D eigenvalue weighted by Crippen LogP contribution is -2.17. The van der Waals surface area contributed by atoms with Crippen LogP contribution in [-0.2, 0) is 0 Å². The molecule has 0 aliphatic carbocycles. The summed E-state index contributed by atoms with van der Waals surface area (Å²) in [5, 5.41) is 8.75. The first-order valence-corrected chi connectivity index (χ1v) is 10.2. The van der Waals surface area contributed by atoms with Crippen molar-refractivity contribution in [3.63, 3.8) is 0 Å². The van der Waals surface area contributed by atoms with Gasteiger partial charge in [0.25, 0.3) is 5.91 Å². The zero-order valence-corrected chi connectivity index (χ0v) is 18.0. The fourth-order valence-electron chi connectivity index (χ4n) is 3.16. The summed E-state index contributed by atoms with van der Waals surface area (Å²) in [5.74, 6) is -0.274. The van der Waals surface area contributed by atoms with Crippen LogP contribution < -0.4 is 5.32 Å².